The molecule has 0 amide bonds. The second-order valence-electron chi connectivity index (χ2n) is 5.37. The number of carboxylic acid groups (broad SMARTS) is 1. The molecule has 2 nitrogen and oxygen atoms in total. The van der Waals surface area contributed by atoms with Gasteiger partial charge >= 0.3 is 5.97 Å². The summed E-state index contributed by atoms with van der Waals surface area (Å²) in [4.78, 5) is 11.8. The van der Waals surface area contributed by atoms with Gasteiger partial charge in [0, 0.05) is 0 Å². The summed E-state index contributed by atoms with van der Waals surface area (Å²) in [6.45, 7) is 0. The number of hydrogen-bond donors (Lipinski definition) is 1. The van der Waals surface area contributed by atoms with Crippen LogP contribution in [0.1, 0.15) is 16.7 Å². The maximum atomic E-state index is 11.8. The minimum atomic E-state index is -0.687. The fourth-order valence-corrected chi connectivity index (χ4v) is 3.03. The normalized spacial score (nSPS) is 16.0. The molecule has 1 N–H and O–H groups in total. The number of hydrogen-bond acceptors (Lipinski definition) is 1. The zero-order valence-electron chi connectivity index (χ0n) is 10.7. The van der Waals surface area contributed by atoms with Gasteiger partial charge in [-0.2, -0.15) is 0 Å². The van der Waals surface area contributed by atoms with Crippen LogP contribution in [0.25, 0.3) is 0 Å². The summed E-state index contributed by atoms with van der Waals surface area (Å²) < 4.78 is 0. The Balaban J connectivity index is 1.93. The van der Waals surface area contributed by atoms with Crippen molar-refractivity contribution >= 4 is 5.97 Å². The van der Waals surface area contributed by atoms with Gasteiger partial charge in [-0.3, -0.25) is 4.79 Å². The summed E-state index contributed by atoms with van der Waals surface area (Å²) >= 11 is 0. The molecule has 0 bridgehead atoms. The lowest BCUT2D eigenvalue weighted by Gasteiger charge is -2.23. The third kappa shape index (κ3) is 2.14. The Morgan fingerprint density at radius 1 is 0.947 bits per heavy atom. The van der Waals surface area contributed by atoms with E-state index in [0.29, 0.717) is 19.3 Å². The maximum absolute atomic E-state index is 11.8. The molecule has 2 aromatic rings. The largest absolute Gasteiger partial charge is 0.481 e. The third-order valence-corrected chi connectivity index (χ3v) is 4.02. The first kappa shape index (κ1) is 12.0. The van der Waals surface area contributed by atoms with Crippen LogP contribution in [-0.2, 0) is 24.1 Å². The summed E-state index contributed by atoms with van der Waals surface area (Å²) in [6.07, 6.45) is 1.86. The first-order valence-electron chi connectivity index (χ1n) is 6.54. The number of carbonyl (C=O) groups is 1. The second kappa shape index (κ2) is 4.54. The van der Waals surface area contributed by atoms with Gasteiger partial charge in [0.15, 0.2) is 0 Å². The van der Waals surface area contributed by atoms with Crippen molar-refractivity contribution < 1.29 is 9.90 Å². The quantitative estimate of drug-likeness (QED) is 0.911. The van der Waals surface area contributed by atoms with E-state index in [4.69, 9.17) is 0 Å². The zero-order chi connectivity index (χ0) is 13.3. The van der Waals surface area contributed by atoms with Crippen molar-refractivity contribution in [3.63, 3.8) is 0 Å². The zero-order valence-corrected chi connectivity index (χ0v) is 10.7. The SMILES string of the molecule is O=C(O)C1(Cc2ccccc2)Cc2ccccc2C1. The number of carboxylic acids is 1. The first-order chi connectivity index (χ1) is 9.20. The molecule has 0 saturated carbocycles. The monoisotopic (exact) mass is 252 g/mol. The minimum Gasteiger partial charge on any atom is -0.481 e. The Morgan fingerprint density at radius 3 is 2.00 bits per heavy atom. The number of fused-ring (bicyclic) bond motifs is 1. The van der Waals surface area contributed by atoms with Crippen molar-refractivity contribution in [3.8, 4) is 0 Å². The summed E-state index contributed by atoms with van der Waals surface area (Å²) in [5.74, 6) is -0.687. The van der Waals surface area contributed by atoms with E-state index in [9.17, 15) is 9.90 Å². The molecule has 0 saturated heterocycles. The van der Waals surface area contributed by atoms with Crippen molar-refractivity contribution in [3.05, 3.63) is 71.3 Å². The highest BCUT2D eigenvalue weighted by molar-refractivity contribution is 5.77. The van der Waals surface area contributed by atoms with E-state index in [1.807, 2.05) is 54.6 Å². The van der Waals surface area contributed by atoms with E-state index >= 15 is 0 Å². The van der Waals surface area contributed by atoms with E-state index in [2.05, 4.69) is 0 Å². The molecule has 19 heavy (non-hydrogen) atoms. The van der Waals surface area contributed by atoms with E-state index in [1.165, 1.54) is 11.1 Å². The highest BCUT2D eigenvalue weighted by atomic mass is 16.4. The van der Waals surface area contributed by atoms with Gasteiger partial charge in [-0.25, -0.2) is 0 Å². The molecule has 0 fully saturated rings. The molecule has 0 aromatic heterocycles. The van der Waals surface area contributed by atoms with Gasteiger partial charge in [0.2, 0.25) is 0 Å². The average Bonchev–Trinajstić information content (AvgIpc) is 2.79. The Bertz CT molecular complexity index is 577. The van der Waals surface area contributed by atoms with Crippen LogP contribution in [0.3, 0.4) is 0 Å². The second-order valence-corrected chi connectivity index (χ2v) is 5.37. The lowest BCUT2D eigenvalue weighted by Crippen LogP contribution is -2.34. The standard InChI is InChI=1S/C17H16O2/c18-16(19)17(10-13-6-2-1-3-7-13)11-14-8-4-5-9-15(14)12-17/h1-9H,10-12H2,(H,18,19). The molecule has 0 heterocycles. The Morgan fingerprint density at radius 2 is 1.47 bits per heavy atom. The number of benzene rings is 2. The molecule has 0 aliphatic heterocycles. The molecule has 1 aliphatic rings. The minimum absolute atomic E-state index is 0.595. The fourth-order valence-electron chi connectivity index (χ4n) is 3.03. The fraction of sp³-hybridized carbons (Fsp3) is 0.235. The lowest BCUT2D eigenvalue weighted by molar-refractivity contribution is -0.148. The van der Waals surface area contributed by atoms with Crippen LogP contribution >= 0.6 is 0 Å². The van der Waals surface area contributed by atoms with Gasteiger partial charge in [0.25, 0.3) is 0 Å². The highest BCUT2D eigenvalue weighted by Crippen LogP contribution is 2.39. The van der Waals surface area contributed by atoms with Crippen LogP contribution in [0.4, 0.5) is 0 Å². The molecule has 0 radical (unpaired) electrons. The van der Waals surface area contributed by atoms with Crippen LogP contribution < -0.4 is 0 Å². The highest BCUT2D eigenvalue weighted by Gasteiger charge is 2.43. The van der Waals surface area contributed by atoms with E-state index in [1.54, 1.807) is 0 Å². The summed E-state index contributed by atoms with van der Waals surface area (Å²) in [7, 11) is 0. The molecule has 0 atom stereocenters. The Labute approximate surface area is 112 Å². The smallest absolute Gasteiger partial charge is 0.310 e. The molecule has 0 unspecified atom stereocenters. The van der Waals surface area contributed by atoms with Crippen LogP contribution in [0, 0.1) is 5.41 Å². The van der Waals surface area contributed by atoms with Gasteiger partial charge < -0.3 is 5.11 Å². The molecular formula is C17H16O2. The van der Waals surface area contributed by atoms with E-state index in [0.717, 1.165) is 5.56 Å². The van der Waals surface area contributed by atoms with Crippen LogP contribution in [0.2, 0.25) is 0 Å². The third-order valence-electron chi connectivity index (χ3n) is 4.02. The van der Waals surface area contributed by atoms with Crippen LogP contribution in [0.15, 0.2) is 54.6 Å². The van der Waals surface area contributed by atoms with Crippen molar-refractivity contribution in [1.29, 1.82) is 0 Å². The molecule has 2 heteroatoms. The van der Waals surface area contributed by atoms with Crippen molar-refractivity contribution in [2.75, 3.05) is 0 Å². The van der Waals surface area contributed by atoms with Gasteiger partial charge in [-0.1, -0.05) is 54.6 Å². The molecule has 0 spiro atoms. The van der Waals surface area contributed by atoms with Gasteiger partial charge in [0.1, 0.15) is 0 Å². The van der Waals surface area contributed by atoms with Crippen molar-refractivity contribution in [1.82, 2.24) is 0 Å². The molecule has 2 aromatic carbocycles. The van der Waals surface area contributed by atoms with E-state index in [-0.39, 0.29) is 0 Å². The summed E-state index contributed by atoms with van der Waals surface area (Å²) in [6, 6.07) is 18.0. The van der Waals surface area contributed by atoms with Gasteiger partial charge in [-0.05, 0) is 36.0 Å². The lowest BCUT2D eigenvalue weighted by atomic mass is 9.79. The maximum Gasteiger partial charge on any atom is 0.310 e. The molecule has 1 aliphatic carbocycles. The predicted molar refractivity (Wildman–Crippen MR) is 74.1 cm³/mol. The summed E-state index contributed by atoms with van der Waals surface area (Å²) in [5.41, 5.74) is 2.78. The Hall–Kier alpha value is -2.09. The van der Waals surface area contributed by atoms with Crippen LogP contribution in [0.5, 0.6) is 0 Å². The average molecular weight is 252 g/mol. The molecule has 3 rings (SSSR count). The Kier molecular flexibility index (Phi) is 2.86. The number of rotatable bonds is 3. The summed E-state index contributed by atoms with van der Waals surface area (Å²) in [5, 5.41) is 9.70. The van der Waals surface area contributed by atoms with Crippen LogP contribution in [-0.4, -0.2) is 11.1 Å². The molecular weight excluding hydrogens is 236 g/mol. The van der Waals surface area contributed by atoms with Gasteiger partial charge in [-0.15, -0.1) is 0 Å². The molecule has 96 valence electrons. The van der Waals surface area contributed by atoms with Gasteiger partial charge in [0.05, 0.1) is 5.41 Å². The van der Waals surface area contributed by atoms with Crippen molar-refractivity contribution in [2.45, 2.75) is 19.3 Å². The predicted octanol–water partition coefficient (Wildman–Crippen LogP) is 3.10. The number of aliphatic carboxylic acids is 1. The topological polar surface area (TPSA) is 37.3 Å². The first-order valence-corrected chi connectivity index (χ1v) is 6.54. The van der Waals surface area contributed by atoms with Crippen molar-refractivity contribution in [2.24, 2.45) is 5.41 Å². The van der Waals surface area contributed by atoms with E-state index < -0.39 is 11.4 Å².